The van der Waals surface area contributed by atoms with Crippen LogP contribution in [-0.4, -0.2) is 21.0 Å². The molecule has 11 heavy (non-hydrogen) atoms. The second-order valence-corrected chi connectivity index (χ2v) is 4.81. The van der Waals surface area contributed by atoms with Crippen LogP contribution in [0.2, 0.25) is 0 Å². The molecule has 0 spiro atoms. The normalized spacial score (nSPS) is 11.4. The summed E-state index contributed by atoms with van der Waals surface area (Å²) in [5.41, 5.74) is 0.248. The number of sulfone groups is 1. The zero-order valence-corrected chi connectivity index (χ0v) is 7.41. The average molecular weight is 190 g/mol. The van der Waals surface area contributed by atoms with Gasteiger partial charge < -0.3 is 0 Å². The van der Waals surface area contributed by atoms with E-state index in [-0.39, 0.29) is 10.5 Å². The fraction of sp³-hybridized carbons (Fsp3) is 0.167. The van der Waals surface area contributed by atoms with Crippen LogP contribution in [0.3, 0.4) is 0 Å². The number of aldehydes is 1. The van der Waals surface area contributed by atoms with Crippen LogP contribution in [0.5, 0.6) is 0 Å². The molecule has 0 aliphatic rings. The molecule has 1 aromatic rings. The van der Waals surface area contributed by atoms with Crippen molar-refractivity contribution in [2.24, 2.45) is 0 Å². The third kappa shape index (κ3) is 1.66. The molecule has 0 atom stereocenters. The van der Waals surface area contributed by atoms with Gasteiger partial charge in [-0.15, -0.1) is 0 Å². The Bertz CT molecular complexity index is 361. The Balaban J connectivity index is 3.35. The summed E-state index contributed by atoms with van der Waals surface area (Å²) in [6.45, 7) is 0. The predicted octanol–water partition coefficient (Wildman–Crippen LogP) is 0.964. The lowest BCUT2D eigenvalue weighted by Gasteiger charge is -1.91. The van der Waals surface area contributed by atoms with Crippen molar-refractivity contribution in [3.63, 3.8) is 0 Å². The van der Waals surface area contributed by atoms with Crippen molar-refractivity contribution in [3.8, 4) is 0 Å². The van der Waals surface area contributed by atoms with Crippen molar-refractivity contribution in [2.45, 2.75) is 4.90 Å². The minimum absolute atomic E-state index is 0.123. The van der Waals surface area contributed by atoms with Crippen molar-refractivity contribution in [1.82, 2.24) is 0 Å². The molecule has 0 aliphatic heterocycles. The van der Waals surface area contributed by atoms with Crippen molar-refractivity contribution < 1.29 is 13.2 Å². The lowest BCUT2D eigenvalue weighted by Crippen LogP contribution is -1.97. The second-order valence-electron chi connectivity index (χ2n) is 2.08. The van der Waals surface area contributed by atoms with Gasteiger partial charge in [-0.2, -0.15) is 11.3 Å². The summed E-state index contributed by atoms with van der Waals surface area (Å²) < 4.78 is 21.8. The molecule has 1 heterocycles. The highest BCUT2D eigenvalue weighted by atomic mass is 32.2. The molecule has 0 saturated carbocycles. The van der Waals surface area contributed by atoms with Crippen molar-refractivity contribution in [1.29, 1.82) is 0 Å². The molecule has 0 fully saturated rings. The highest BCUT2D eigenvalue weighted by molar-refractivity contribution is 7.91. The van der Waals surface area contributed by atoms with Gasteiger partial charge in [0, 0.05) is 22.6 Å². The van der Waals surface area contributed by atoms with E-state index in [4.69, 9.17) is 0 Å². The Morgan fingerprint density at radius 2 is 2.09 bits per heavy atom. The summed E-state index contributed by atoms with van der Waals surface area (Å²) in [6.07, 6.45) is 1.63. The molecule has 0 amide bonds. The largest absolute Gasteiger partial charge is 0.298 e. The second kappa shape index (κ2) is 2.75. The van der Waals surface area contributed by atoms with Crippen LogP contribution in [0.15, 0.2) is 15.7 Å². The molecule has 0 unspecified atom stereocenters. The zero-order valence-electron chi connectivity index (χ0n) is 5.77. The van der Waals surface area contributed by atoms with Crippen molar-refractivity contribution in [3.05, 3.63) is 16.3 Å². The number of hydrogen-bond donors (Lipinski definition) is 0. The molecule has 3 nitrogen and oxygen atoms in total. The zero-order chi connectivity index (χ0) is 8.48. The van der Waals surface area contributed by atoms with Crippen LogP contribution in [0.4, 0.5) is 0 Å². The Morgan fingerprint density at radius 3 is 2.45 bits per heavy atom. The average Bonchev–Trinajstić information content (AvgIpc) is 2.31. The summed E-state index contributed by atoms with van der Waals surface area (Å²) in [7, 11) is -3.22. The maximum absolute atomic E-state index is 10.9. The summed E-state index contributed by atoms with van der Waals surface area (Å²) in [5.74, 6) is 0. The first kappa shape index (κ1) is 8.42. The van der Waals surface area contributed by atoms with E-state index in [0.29, 0.717) is 6.29 Å². The summed E-state index contributed by atoms with van der Waals surface area (Å²) >= 11 is 1.21. The maximum atomic E-state index is 10.9. The Labute approximate surface area is 68.6 Å². The van der Waals surface area contributed by atoms with E-state index in [1.54, 1.807) is 0 Å². The van der Waals surface area contributed by atoms with E-state index < -0.39 is 9.84 Å². The van der Waals surface area contributed by atoms with E-state index in [0.717, 1.165) is 6.26 Å². The number of carbonyl (C=O) groups is 1. The molecule has 0 N–H and O–H groups in total. The first-order chi connectivity index (χ1) is 5.05. The first-order valence-electron chi connectivity index (χ1n) is 2.77. The van der Waals surface area contributed by atoms with Gasteiger partial charge in [-0.25, -0.2) is 8.42 Å². The highest BCUT2D eigenvalue weighted by Gasteiger charge is 2.12. The van der Waals surface area contributed by atoms with Gasteiger partial charge in [-0.3, -0.25) is 4.79 Å². The molecule has 60 valence electrons. The molecule has 0 saturated heterocycles. The fourth-order valence-electron chi connectivity index (χ4n) is 0.683. The molecule has 0 aromatic carbocycles. The van der Waals surface area contributed by atoms with Gasteiger partial charge in [0.1, 0.15) is 0 Å². The van der Waals surface area contributed by atoms with Gasteiger partial charge in [0.2, 0.25) is 0 Å². The molecule has 0 radical (unpaired) electrons. The Morgan fingerprint density at radius 1 is 1.45 bits per heavy atom. The topological polar surface area (TPSA) is 51.2 Å². The van der Waals surface area contributed by atoms with Crippen molar-refractivity contribution >= 4 is 27.5 Å². The smallest absolute Gasteiger partial charge is 0.177 e. The maximum Gasteiger partial charge on any atom is 0.177 e. The first-order valence-corrected chi connectivity index (χ1v) is 5.60. The lowest BCUT2D eigenvalue weighted by atomic mass is 10.4. The number of carbonyl (C=O) groups excluding carboxylic acids is 1. The molecular weight excluding hydrogens is 184 g/mol. The van der Waals surface area contributed by atoms with E-state index >= 15 is 0 Å². The van der Waals surface area contributed by atoms with Crippen molar-refractivity contribution in [2.75, 3.05) is 6.26 Å². The molecule has 1 aromatic heterocycles. The van der Waals surface area contributed by atoms with Gasteiger partial charge in [-0.05, 0) is 0 Å². The predicted molar refractivity (Wildman–Crippen MR) is 42.8 cm³/mol. The summed E-state index contributed by atoms with van der Waals surface area (Å²) in [6, 6.07) is 0. The SMILES string of the molecule is CS(=O)(=O)c1cscc1C=O. The fourth-order valence-corrected chi connectivity index (χ4v) is 2.82. The van der Waals surface area contributed by atoms with E-state index in [2.05, 4.69) is 0 Å². The quantitative estimate of drug-likeness (QED) is 0.653. The Hall–Kier alpha value is -0.680. The number of hydrogen-bond acceptors (Lipinski definition) is 4. The van der Waals surface area contributed by atoms with Gasteiger partial charge >= 0.3 is 0 Å². The lowest BCUT2D eigenvalue weighted by molar-refractivity contribution is 0.112. The summed E-state index contributed by atoms with van der Waals surface area (Å²) in [4.78, 5) is 10.4. The van der Waals surface area contributed by atoms with Crippen LogP contribution in [0, 0.1) is 0 Å². The van der Waals surface area contributed by atoms with Crippen LogP contribution >= 0.6 is 11.3 Å². The standard InChI is InChI=1S/C6H6O3S2/c1-11(8,9)6-4-10-3-5(6)2-7/h2-4H,1H3. The van der Waals surface area contributed by atoms with Gasteiger partial charge in [0.25, 0.3) is 0 Å². The van der Waals surface area contributed by atoms with E-state index in [1.807, 2.05) is 0 Å². The van der Waals surface area contributed by atoms with Crippen LogP contribution in [0.25, 0.3) is 0 Å². The van der Waals surface area contributed by atoms with E-state index in [9.17, 15) is 13.2 Å². The minimum Gasteiger partial charge on any atom is -0.298 e. The van der Waals surface area contributed by atoms with Crippen LogP contribution in [-0.2, 0) is 9.84 Å². The molecule has 1 rings (SSSR count). The minimum atomic E-state index is -3.22. The molecule has 5 heteroatoms. The Kier molecular flexibility index (Phi) is 2.10. The highest BCUT2D eigenvalue weighted by Crippen LogP contribution is 2.18. The molecule has 0 bridgehead atoms. The van der Waals surface area contributed by atoms with Gasteiger partial charge in [-0.1, -0.05) is 0 Å². The number of thiophene rings is 1. The number of rotatable bonds is 2. The van der Waals surface area contributed by atoms with Gasteiger partial charge in [0.05, 0.1) is 4.90 Å². The summed E-state index contributed by atoms with van der Waals surface area (Å²) in [5, 5.41) is 2.97. The third-order valence-electron chi connectivity index (χ3n) is 1.18. The third-order valence-corrected chi connectivity index (χ3v) is 3.24. The monoisotopic (exact) mass is 190 g/mol. The van der Waals surface area contributed by atoms with Crippen LogP contribution < -0.4 is 0 Å². The van der Waals surface area contributed by atoms with E-state index in [1.165, 1.54) is 22.1 Å². The van der Waals surface area contributed by atoms with Gasteiger partial charge in [0.15, 0.2) is 16.1 Å². The molecular formula is C6H6O3S2. The molecule has 0 aliphatic carbocycles. The van der Waals surface area contributed by atoms with Crippen LogP contribution in [0.1, 0.15) is 10.4 Å².